The maximum Gasteiger partial charge on any atom is 0.319 e. The first-order valence-electron chi connectivity index (χ1n) is 7.76. The number of urea groups is 1. The second-order valence-corrected chi connectivity index (χ2v) is 5.95. The fourth-order valence-corrected chi connectivity index (χ4v) is 2.59. The summed E-state index contributed by atoms with van der Waals surface area (Å²) in [5, 5.41) is 10.00. The molecule has 0 bridgehead atoms. The van der Waals surface area contributed by atoms with Gasteiger partial charge in [0.1, 0.15) is 0 Å². The van der Waals surface area contributed by atoms with Gasteiger partial charge in [0.25, 0.3) is 0 Å². The zero-order valence-electron chi connectivity index (χ0n) is 14.4. The molecule has 0 aliphatic rings. The summed E-state index contributed by atoms with van der Waals surface area (Å²) in [6.45, 7) is 8.14. The van der Waals surface area contributed by atoms with E-state index in [0.717, 1.165) is 11.4 Å². The van der Waals surface area contributed by atoms with Gasteiger partial charge in [-0.2, -0.15) is 5.10 Å². The number of carbonyl (C=O) groups is 2. The fraction of sp³-hybridized carbons (Fsp3) is 0.353. The largest absolute Gasteiger partial charge is 0.366 e. The molecule has 0 spiro atoms. The number of hydrogen-bond donors (Lipinski definition) is 3. The Hall–Kier alpha value is -2.83. The molecule has 0 aliphatic carbocycles. The molecule has 1 heterocycles. The third kappa shape index (κ3) is 4.13. The highest BCUT2D eigenvalue weighted by Crippen LogP contribution is 2.18. The van der Waals surface area contributed by atoms with Gasteiger partial charge in [-0.05, 0) is 51.5 Å². The summed E-state index contributed by atoms with van der Waals surface area (Å²) >= 11 is 0. The van der Waals surface area contributed by atoms with E-state index in [1.807, 2.05) is 31.5 Å². The molecule has 0 saturated heterocycles. The molecular formula is C17H23N5O2. The molecule has 0 fully saturated rings. The molecular weight excluding hydrogens is 306 g/mol. The van der Waals surface area contributed by atoms with Gasteiger partial charge in [-0.3, -0.25) is 9.48 Å². The van der Waals surface area contributed by atoms with Crippen molar-refractivity contribution in [1.29, 1.82) is 0 Å². The Bertz CT molecular complexity index is 766. The number of benzene rings is 1. The van der Waals surface area contributed by atoms with Gasteiger partial charge in [0.2, 0.25) is 5.91 Å². The molecule has 1 aromatic heterocycles. The summed E-state index contributed by atoms with van der Waals surface area (Å²) < 4.78 is 1.86. The van der Waals surface area contributed by atoms with E-state index in [2.05, 4.69) is 15.7 Å². The molecule has 1 unspecified atom stereocenters. The summed E-state index contributed by atoms with van der Waals surface area (Å²) in [6.07, 6.45) is 0. The number of nitrogens with one attached hydrogen (secondary N) is 2. The van der Waals surface area contributed by atoms with Crippen molar-refractivity contribution < 1.29 is 9.59 Å². The molecule has 1 aromatic carbocycles. The number of anilines is 1. The number of hydrogen-bond acceptors (Lipinski definition) is 3. The number of amides is 3. The standard InChI is InChI=1S/C17H23N5O2/c1-10-8-12(3)22(21-10)9-11(2)19-17(24)20-15-7-5-6-14(13(15)4)16(18)23/h5-8,11H,9H2,1-4H3,(H2,18,23)(H2,19,20,24). The third-order valence-electron chi connectivity index (χ3n) is 3.78. The van der Waals surface area contributed by atoms with Crippen molar-refractivity contribution in [2.24, 2.45) is 5.73 Å². The second-order valence-electron chi connectivity index (χ2n) is 5.95. The van der Waals surface area contributed by atoms with E-state index in [-0.39, 0.29) is 12.1 Å². The molecule has 4 N–H and O–H groups in total. The van der Waals surface area contributed by atoms with E-state index in [1.54, 1.807) is 25.1 Å². The summed E-state index contributed by atoms with van der Waals surface area (Å²) in [5.41, 5.74) is 8.91. The number of aromatic nitrogens is 2. The smallest absolute Gasteiger partial charge is 0.319 e. The van der Waals surface area contributed by atoms with Crippen LogP contribution < -0.4 is 16.4 Å². The van der Waals surface area contributed by atoms with Crippen molar-refractivity contribution in [3.63, 3.8) is 0 Å². The van der Waals surface area contributed by atoms with Crippen LogP contribution in [0, 0.1) is 20.8 Å². The molecule has 7 nitrogen and oxygen atoms in total. The van der Waals surface area contributed by atoms with Crippen LogP contribution in [0.15, 0.2) is 24.3 Å². The van der Waals surface area contributed by atoms with Gasteiger partial charge in [-0.25, -0.2) is 4.79 Å². The minimum absolute atomic E-state index is 0.109. The van der Waals surface area contributed by atoms with Crippen LogP contribution in [0.3, 0.4) is 0 Å². The van der Waals surface area contributed by atoms with Crippen molar-refractivity contribution in [3.05, 3.63) is 46.8 Å². The summed E-state index contributed by atoms with van der Waals surface area (Å²) in [4.78, 5) is 23.5. The van der Waals surface area contributed by atoms with Crippen molar-refractivity contribution in [1.82, 2.24) is 15.1 Å². The van der Waals surface area contributed by atoms with Crippen LogP contribution in [0.5, 0.6) is 0 Å². The lowest BCUT2D eigenvalue weighted by atomic mass is 10.1. The monoisotopic (exact) mass is 329 g/mol. The van der Waals surface area contributed by atoms with E-state index in [0.29, 0.717) is 23.4 Å². The summed E-state index contributed by atoms with van der Waals surface area (Å²) in [5.74, 6) is -0.519. The van der Waals surface area contributed by atoms with Crippen molar-refractivity contribution >= 4 is 17.6 Å². The highest BCUT2D eigenvalue weighted by Gasteiger charge is 2.13. The molecule has 128 valence electrons. The van der Waals surface area contributed by atoms with Crippen molar-refractivity contribution in [2.45, 2.75) is 40.3 Å². The molecule has 1 atom stereocenters. The Morgan fingerprint density at radius 2 is 2.00 bits per heavy atom. The van der Waals surface area contributed by atoms with Crippen LogP contribution in [0.25, 0.3) is 0 Å². The first kappa shape index (κ1) is 17.5. The van der Waals surface area contributed by atoms with E-state index >= 15 is 0 Å². The Kier molecular flexibility index (Phi) is 5.23. The zero-order chi connectivity index (χ0) is 17.9. The van der Waals surface area contributed by atoms with Crippen LogP contribution in [-0.2, 0) is 6.54 Å². The fourth-order valence-electron chi connectivity index (χ4n) is 2.59. The highest BCUT2D eigenvalue weighted by atomic mass is 16.2. The average molecular weight is 329 g/mol. The average Bonchev–Trinajstić information content (AvgIpc) is 2.78. The number of nitrogens with two attached hydrogens (primary N) is 1. The third-order valence-corrected chi connectivity index (χ3v) is 3.78. The molecule has 3 amide bonds. The first-order valence-corrected chi connectivity index (χ1v) is 7.76. The Labute approximate surface area is 141 Å². The van der Waals surface area contributed by atoms with Crippen molar-refractivity contribution in [3.8, 4) is 0 Å². The molecule has 0 aliphatic heterocycles. The minimum Gasteiger partial charge on any atom is -0.366 e. The van der Waals surface area contributed by atoms with Gasteiger partial charge >= 0.3 is 6.03 Å². The normalized spacial score (nSPS) is 11.8. The number of carbonyl (C=O) groups excluding carboxylic acids is 2. The molecule has 0 saturated carbocycles. The topological polar surface area (TPSA) is 102 Å². The Morgan fingerprint density at radius 1 is 1.29 bits per heavy atom. The lowest BCUT2D eigenvalue weighted by Gasteiger charge is -2.17. The van der Waals surface area contributed by atoms with E-state index < -0.39 is 5.91 Å². The van der Waals surface area contributed by atoms with Crippen LogP contribution in [0.4, 0.5) is 10.5 Å². The highest BCUT2D eigenvalue weighted by molar-refractivity contribution is 5.98. The van der Waals surface area contributed by atoms with Crippen LogP contribution >= 0.6 is 0 Å². The lowest BCUT2D eigenvalue weighted by Crippen LogP contribution is -2.39. The molecule has 7 heteroatoms. The van der Waals surface area contributed by atoms with Crippen LogP contribution in [0.2, 0.25) is 0 Å². The van der Waals surface area contributed by atoms with Gasteiger partial charge in [-0.15, -0.1) is 0 Å². The number of aryl methyl sites for hydroxylation is 2. The molecule has 24 heavy (non-hydrogen) atoms. The maximum atomic E-state index is 12.2. The minimum atomic E-state index is -0.519. The van der Waals surface area contributed by atoms with Gasteiger partial charge in [0.15, 0.2) is 0 Å². The van der Waals surface area contributed by atoms with Gasteiger partial charge in [-0.1, -0.05) is 6.07 Å². The molecule has 2 rings (SSSR count). The van der Waals surface area contributed by atoms with Gasteiger partial charge < -0.3 is 16.4 Å². The number of nitrogens with zero attached hydrogens (tertiary/aromatic N) is 2. The summed E-state index contributed by atoms with van der Waals surface area (Å²) in [7, 11) is 0. The van der Waals surface area contributed by atoms with Crippen LogP contribution in [-0.4, -0.2) is 27.8 Å². The van der Waals surface area contributed by atoms with Crippen LogP contribution in [0.1, 0.15) is 34.2 Å². The summed E-state index contributed by atoms with van der Waals surface area (Å²) in [6, 6.07) is 6.59. The predicted molar refractivity (Wildman–Crippen MR) is 93.0 cm³/mol. The Balaban J connectivity index is 1.99. The first-order chi connectivity index (χ1) is 11.3. The van der Waals surface area contributed by atoms with E-state index in [4.69, 9.17) is 5.73 Å². The maximum absolute atomic E-state index is 12.2. The number of rotatable bonds is 5. The number of primary amides is 1. The second kappa shape index (κ2) is 7.16. The Morgan fingerprint density at radius 3 is 2.58 bits per heavy atom. The quantitative estimate of drug-likeness (QED) is 0.783. The van der Waals surface area contributed by atoms with Gasteiger partial charge in [0, 0.05) is 23.0 Å². The molecule has 0 radical (unpaired) electrons. The van der Waals surface area contributed by atoms with Crippen molar-refractivity contribution in [2.75, 3.05) is 5.32 Å². The van der Waals surface area contributed by atoms with E-state index in [1.165, 1.54) is 0 Å². The van der Waals surface area contributed by atoms with Gasteiger partial charge in [0.05, 0.1) is 12.2 Å². The SMILES string of the molecule is Cc1cc(C)n(CC(C)NC(=O)Nc2cccc(C(N)=O)c2C)n1. The molecule has 2 aromatic rings. The van der Waals surface area contributed by atoms with E-state index in [9.17, 15) is 9.59 Å². The lowest BCUT2D eigenvalue weighted by molar-refractivity contribution is 0.0999. The zero-order valence-corrected chi connectivity index (χ0v) is 14.4. The predicted octanol–water partition coefficient (Wildman–Crippen LogP) is 2.12.